The predicted octanol–water partition coefficient (Wildman–Crippen LogP) is 1.28. The third-order valence-corrected chi connectivity index (χ3v) is 4.14. The predicted molar refractivity (Wildman–Crippen MR) is 64.3 cm³/mol. The van der Waals surface area contributed by atoms with Gasteiger partial charge in [-0.2, -0.15) is 0 Å². The third-order valence-electron chi connectivity index (χ3n) is 4.14. The van der Waals surface area contributed by atoms with E-state index in [-0.39, 0.29) is 0 Å². The molecule has 0 radical (unpaired) electrons. The largest absolute Gasteiger partial charge is 0.342 e. The smallest absolute Gasteiger partial charge is 0.202 e. The molecule has 4 nitrogen and oxygen atoms in total. The van der Waals surface area contributed by atoms with E-state index in [4.69, 9.17) is 5.73 Å². The average molecular weight is 220 g/mol. The van der Waals surface area contributed by atoms with Gasteiger partial charge in [0.05, 0.1) is 0 Å². The van der Waals surface area contributed by atoms with Crippen LogP contribution in [-0.2, 0) is 0 Å². The van der Waals surface area contributed by atoms with Crippen molar-refractivity contribution in [2.45, 2.75) is 32.2 Å². The molecule has 4 heteroatoms. The summed E-state index contributed by atoms with van der Waals surface area (Å²) in [7, 11) is 0. The minimum atomic E-state index is 0.403. The molecule has 16 heavy (non-hydrogen) atoms. The number of hydrogen-bond donors (Lipinski definition) is 2. The molecule has 1 saturated carbocycles. The number of rotatable bonds is 1. The second-order valence-electron chi connectivity index (χ2n) is 5.31. The summed E-state index contributed by atoms with van der Waals surface area (Å²) in [5.41, 5.74) is 7.34. The first kappa shape index (κ1) is 10.1. The number of aryl methyl sites for hydroxylation is 1. The third kappa shape index (κ3) is 1.61. The summed E-state index contributed by atoms with van der Waals surface area (Å²) >= 11 is 0. The average Bonchev–Trinajstić information content (AvgIpc) is 2.84. The Kier molecular flexibility index (Phi) is 2.39. The van der Waals surface area contributed by atoms with Crippen LogP contribution in [0.2, 0.25) is 0 Å². The molecule has 3 rings (SSSR count). The molecule has 0 amide bonds. The first-order valence-corrected chi connectivity index (χ1v) is 6.26. The number of fused-ring (bicyclic) bond motifs is 1. The van der Waals surface area contributed by atoms with E-state index < -0.39 is 0 Å². The SMILES string of the molecule is Cc1cnc(N2CC3CCCC(N)C3C2)[nH]1. The number of imidazole rings is 1. The van der Waals surface area contributed by atoms with Crippen LogP contribution in [-0.4, -0.2) is 29.1 Å². The molecule has 1 aliphatic carbocycles. The molecule has 1 aromatic rings. The minimum Gasteiger partial charge on any atom is -0.342 e. The van der Waals surface area contributed by atoms with Gasteiger partial charge in [-0.1, -0.05) is 6.42 Å². The van der Waals surface area contributed by atoms with Crippen molar-refractivity contribution in [1.29, 1.82) is 0 Å². The van der Waals surface area contributed by atoms with Crippen LogP contribution in [0.25, 0.3) is 0 Å². The number of H-pyrrole nitrogens is 1. The lowest BCUT2D eigenvalue weighted by Gasteiger charge is -2.29. The molecule has 88 valence electrons. The zero-order valence-electron chi connectivity index (χ0n) is 9.82. The zero-order chi connectivity index (χ0) is 11.1. The number of aromatic nitrogens is 2. The van der Waals surface area contributed by atoms with E-state index in [0.29, 0.717) is 12.0 Å². The van der Waals surface area contributed by atoms with Gasteiger partial charge in [-0.25, -0.2) is 4.98 Å². The van der Waals surface area contributed by atoms with Crippen LogP contribution in [0, 0.1) is 18.8 Å². The Balaban J connectivity index is 1.76. The van der Waals surface area contributed by atoms with Crippen LogP contribution < -0.4 is 10.6 Å². The fraction of sp³-hybridized carbons (Fsp3) is 0.750. The lowest BCUT2D eigenvalue weighted by Crippen LogP contribution is -2.38. The van der Waals surface area contributed by atoms with Gasteiger partial charge in [-0.3, -0.25) is 0 Å². The molecule has 1 saturated heterocycles. The first-order chi connectivity index (χ1) is 7.74. The van der Waals surface area contributed by atoms with Crippen molar-refractivity contribution in [1.82, 2.24) is 9.97 Å². The molecule has 3 unspecified atom stereocenters. The minimum absolute atomic E-state index is 0.403. The standard InChI is InChI=1S/C12H20N4/c1-8-5-14-12(15-8)16-6-9-3-2-4-11(13)10(9)7-16/h5,9-11H,2-4,6-7,13H2,1H3,(H,14,15). The maximum absolute atomic E-state index is 6.21. The second kappa shape index (κ2) is 3.77. The Morgan fingerprint density at radius 1 is 1.44 bits per heavy atom. The summed E-state index contributed by atoms with van der Waals surface area (Å²) in [6.45, 7) is 4.26. The van der Waals surface area contributed by atoms with Crippen molar-refractivity contribution in [3.63, 3.8) is 0 Å². The molecule has 3 N–H and O–H groups in total. The van der Waals surface area contributed by atoms with Crippen molar-refractivity contribution >= 4 is 5.95 Å². The van der Waals surface area contributed by atoms with Crippen molar-refractivity contribution < 1.29 is 0 Å². The number of anilines is 1. The number of hydrogen-bond acceptors (Lipinski definition) is 3. The van der Waals surface area contributed by atoms with Crippen molar-refractivity contribution in [2.75, 3.05) is 18.0 Å². The van der Waals surface area contributed by atoms with E-state index in [9.17, 15) is 0 Å². The van der Waals surface area contributed by atoms with Crippen LogP contribution in [0.3, 0.4) is 0 Å². The van der Waals surface area contributed by atoms with Crippen LogP contribution in [0.15, 0.2) is 6.20 Å². The molecule has 0 bridgehead atoms. The van der Waals surface area contributed by atoms with Gasteiger partial charge in [0, 0.05) is 31.0 Å². The summed E-state index contributed by atoms with van der Waals surface area (Å²) in [4.78, 5) is 10.1. The molecule has 3 atom stereocenters. The monoisotopic (exact) mass is 220 g/mol. The summed E-state index contributed by atoms with van der Waals surface area (Å²) < 4.78 is 0. The quantitative estimate of drug-likeness (QED) is 0.749. The lowest BCUT2D eigenvalue weighted by molar-refractivity contribution is 0.260. The van der Waals surface area contributed by atoms with Gasteiger partial charge < -0.3 is 15.6 Å². The number of aromatic amines is 1. The lowest BCUT2D eigenvalue weighted by atomic mass is 9.78. The normalized spacial score (nSPS) is 34.1. The van der Waals surface area contributed by atoms with Gasteiger partial charge in [0.25, 0.3) is 0 Å². The van der Waals surface area contributed by atoms with Crippen molar-refractivity contribution in [3.8, 4) is 0 Å². The molecule has 2 aliphatic rings. The van der Waals surface area contributed by atoms with Gasteiger partial charge in [-0.05, 0) is 31.6 Å². The second-order valence-corrected chi connectivity index (χ2v) is 5.31. The summed E-state index contributed by atoms with van der Waals surface area (Å²) in [5, 5.41) is 0. The first-order valence-electron chi connectivity index (χ1n) is 6.26. The Labute approximate surface area is 96.2 Å². The molecule has 1 aromatic heterocycles. The van der Waals surface area contributed by atoms with Gasteiger partial charge in [0.2, 0.25) is 5.95 Å². The highest BCUT2D eigenvalue weighted by atomic mass is 15.3. The van der Waals surface area contributed by atoms with Crippen LogP contribution in [0.4, 0.5) is 5.95 Å². The molecule has 2 fully saturated rings. The molecule has 2 heterocycles. The molecular weight excluding hydrogens is 200 g/mol. The number of nitrogens with two attached hydrogens (primary N) is 1. The van der Waals surface area contributed by atoms with Gasteiger partial charge in [-0.15, -0.1) is 0 Å². The van der Waals surface area contributed by atoms with Crippen LogP contribution >= 0.6 is 0 Å². The highest BCUT2D eigenvalue weighted by Gasteiger charge is 2.39. The van der Waals surface area contributed by atoms with Crippen LogP contribution in [0.1, 0.15) is 25.0 Å². The highest BCUT2D eigenvalue weighted by molar-refractivity contribution is 5.34. The molecule has 0 spiro atoms. The van der Waals surface area contributed by atoms with Crippen LogP contribution in [0.5, 0.6) is 0 Å². The van der Waals surface area contributed by atoms with E-state index in [1.165, 1.54) is 19.3 Å². The van der Waals surface area contributed by atoms with Gasteiger partial charge in [0.1, 0.15) is 0 Å². The molecular formula is C12H20N4. The van der Waals surface area contributed by atoms with E-state index in [1.54, 1.807) is 0 Å². The van der Waals surface area contributed by atoms with Crippen molar-refractivity contribution in [2.24, 2.45) is 17.6 Å². The zero-order valence-corrected chi connectivity index (χ0v) is 9.82. The summed E-state index contributed by atoms with van der Waals surface area (Å²) in [6, 6.07) is 0.403. The molecule has 1 aliphatic heterocycles. The fourth-order valence-corrected chi connectivity index (χ4v) is 3.25. The van der Waals surface area contributed by atoms with Crippen molar-refractivity contribution in [3.05, 3.63) is 11.9 Å². The molecule has 0 aromatic carbocycles. The summed E-state index contributed by atoms with van der Waals surface area (Å²) in [5.74, 6) is 2.49. The Morgan fingerprint density at radius 3 is 3.00 bits per heavy atom. The Bertz CT molecular complexity index is 373. The Hall–Kier alpha value is -1.03. The van der Waals surface area contributed by atoms with E-state index in [2.05, 4.69) is 14.9 Å². The fourth-order valence-electron chi connectivity index (χ4n) is 3.25. The highest BCUT2D eigenvalue weighted by Crippen LogP contribution is 2.36. The van der Waals surface area contributed by atoms with E-state index in [1.807, 2.05) is 13.1 Å². The van der Waals surface area contributed by atoms with Gasteiger partial charge in [0.15, 0.2) is 0 Å². The number of nitrogens with one attached hydrogen (secondary N) is 1. The van der Waals surface area contributed by atoms with E-state index >= 15 is 0 Å². The van der Waals surface area contributed by atoms with Gasteiger partial charge >= 0.3 is 0 Å². The summed E-state index contributed by atoms with van der Waals surface area (Å²) in [6.07, 6.45) is 5.74. The number of nitrogens with zero attached hydrogens (tertiary/aromatic N) is 2. The maximum atomic E-state index is 6.21. The maximum Gasteiger partial charge on any atom is 0.202 e. The van der Waals surface area contributed by atoms with E-state index in [0.717, 1.165) is 30.6 Å². The Morgan fingerprint density at radius 2 is 2.31 bits per heavy atom. The topological polar surface area (TPSA) is 57.9 Å².